The zero-order chi connectivity index (χ0) is 19.0. The van der Waals surface area contributed by atoms with Crippen LogP contribution in [-0.4, -0.2) is 23.1 Å². The highest BCUT2D eigenvalue weighted by Crippen LogP contribution is 2.38. The average Bonchev–Trinajstić information content (AvgIpc) is 3.00. The van der Waals surface area contributed by atoms with Crippen LogP contribution in [-0.2, 0) is 6.42 Å². The van der Waals surface area contributed by atoms with Crippen molar-refractivity contribution in [2.45, 2.75) is 26.3 Å². The third-order valence-electron chi connectivity index (χ3n) is 4.82. The molecular formula is C21H21ClN4O. The number of ether oxygens (including phenoxy) is 1. The van der Waals surface area contributed by atoms with E-state index in [-0.39, 0.29) is 0 Å². The predicted octanol–water partition coefficient (Wildman–Crippen LogP) is 5.27. The van der Waals surface area contributed by atoms with Gasteiger partial charge in [-0.05, 0) is 49.6 Å². The summed E-state index contributed by atoms with van der Waals surface area (Å²) in [5.74, 6) is 2.04. The predicted molar refractivity (Wildman–Crippen MR) is 110 cm³/mol. The van der Waals surface area contributed by atoms with Gasteiger partial charge in [0, 0.05) is 29.0 Å². The Kier molecular flexibility index (Phi) is 4.62. The third-order valence-corrected chi connectivity index (χ3v) is 5.23. The first-order valence-corrected chi connectivity index (χ1v) is 9.26. The second-order valence-corrected chi connectivity index (χ2v) is 7.12. The number of methoxy groups -OCH3 is 1. The molecular weight excluding hydrogens is 360 g/mol. The number of nitrogens with zero attached hydrogens (tertiary/aromatic N) is 3. The molecule has 0 fully saturated rings. The van der Waals surface area contributed by atoms with E-state index < -0.39 is 0 Å². The Labute approximate surface area is 164 Å². The minimum absolute atomic E-state index is 0.345. The topological polar surface area (TPSA) is 50.3 Å². The maximum Gasteiger partial charge on any atom is 0.229 e. The molecule has 0 saturated carbocycles. The van der Waals surface area contributed by atoms with Gasteiger partial charge in [-0.2, -0.15) is 4.98 Å². The number of benzene rings is 2. The molecule has 0 amide bonds. The zero-order valence-corrected chi connectivity index (χ0v) is 16.3. The van der Waals surface area contributed by atoms with Crippen molar-refractivity contribution >= 4 is 34.7 Å². The molecule has 2 aromatic carbocycles. The highest BCUT2D eigenvalue weighted by atomic mass is 35.5. The van der Waals surface area contributed by atoms with Gasteiger partial charge < -0.3 is 15.0 Å². The van der Waals surface area contributed by atoms with Gasteiger partial charge >= 0.3 is 0 Å². The molecule has 0 aliphatic carbocycles. The summed E-state index contributed by atoms with van der Waals surface area (Å²) in [5.41, 5.74) is 4.28. The highest BCUT2D eigenvalue weighted by Gasteiger charge is 2.27. The molecule has 3 aromatic rings. The average molecular weight is 381 g/mol. The Bertz CT molecular complexity index is 992. The molecule has 1 aliphatic heterocycles. The van der Waals surface area contributed by atoms with Gasteiger partial charge in [0.1, 0.15) is 11.6 Å². The Hall–Kier alpha value is -2.79. The number of aromatic nitrogens is 2. The Balaban J connectivity index is 1.68. The minimum Gasteiger partial charge on any atom is -0.495 e. The Morgan fingerprint density at radius 3 is 2.85 bits per heavy atom. The number of hydrogen-bond donors (Lipinski definition) is 1. The molecule has 0 saturated heterocycles. The van der Waals surface area contributed by atoms with E-state index in [1.54, 1.807) is 19.4 Å². The number of aryl methyl sites for hydroxylation is 1. The van der Waals surface area contributed by atoms with Gasteiger partial charge in [0.05, 0.1) is 12.8 Å². The van der Waals surface area contributed by atoms with Crippen molar-refractivity contribution in [3.63, 3.8) is 0 Å². The van der Waals surface area contributed by atoms with E-state index in [1.165, 1.54) is 11.3 Å². The van der Waals surface area contributed by atoms with Crippen molar-refractivity contribution in [3.05, 3.63) is 64.8 Å². The second-order valence-electron chi connectivity index (χ2n) is 6.72. The van der Waals surface area contributed by atoms with Crippen molar-refractivity contribution in [1.82, 2.24) is 9.97 Å². The molecule has 0 radical (unpaired) electrons. The number of nitrogens with one attached hydrogen (secondary N) is 1. The van der Waals surface area contributed by atoms with Crippen molar-refractivity contribution < 1.29 is 4.74 Å². The highest BCUT2D eigenvalue weighted by molar-refractivity contribution is 6.31. The van der Waals surface area contributed by atoms with E-state index in [0.717, 1.165) is 23.5 Å². The molecule has 1 aromatic heterocycles. The van der Waals surface area contributed by atoms with E-state index in [2.05, 4.69) is 46.4 Å². The van der Waals surface area contributed by atoms with E-state index in [4.69, 9.17) is 21.3 Å². The Morgan fingerprint density at radius 2 is 2.04 bits per heavy atom. The molecule has 0 bridgehead atoms. The summed E-state index contributed by atoms with van der Waals surface area (Å²) in [7, 11) is 1.62. The number of hydrogen-bond acceptors (Lipinski definition) is 5. The maximum atomic E-state index is 6.20. The zero-order valence-electron chi connectivity index (χ0n) is 15.5. The first kappa shape index (κ1) is 17.6. The van der Waals surface area contributed by atoms with Crippen LogP contribution in [0.4, 0.5) is 23.1 Å². The van der Waals surface area contributed by atoms with E-state index in [1.807, 2.05) is 19.1 Å². The molecule has 1 aliphatic rings. The molecule has 6 heteroatoms. The number of fused-ring (bicyclic) bond motifs is 1. The summed E-state index contributed by atoms with van der Waals surface area (Å²) in [5, 5.41) is 3.92. The lowest BCUT2D eigenvalue weighted by Gasteiger charge is -2.24. The van der Waals surface area contributed by atoms with Crippen LogP contribution in [0.5, 0.6) is 5.75 Å². The first-order chi connectivity index (χ1) is 13.1. The number of para-hydroxylation sites is 1. The maximum absolute atomic E-state index is 6.20. The largest absolute Gasteiger partial charge is 0.495 e. The van der Waals surface area contributed by atoms with Crippen molar-refractivity contribution in [3.8, 4) is 5.75 Å². The van der Waals surface area contributed by atoms with E-state index in [9.17, 15) is 0 Å². The smallest absolute Gasteiger partial charge is 0.229 e. The van der Waals surface area contributed by atoms with Crippen molar-refractivity contribution in [2.24, 2.45) is 0 Å². The van der Waals surface area contributed by atoms with Crippen LogP contribution < -0.4 is 15.0 Å². The number of anilines is 4. The third kappa shape index (κ3) is 3.30. The van der Waals surface area contributed by atoms with E-state index >= 15 is 0 Å². The van der Waals surface area contributed by atoms with Crippen LogP contribution in [0.1, 0.15) is 18.1 Å². The first-order valence-electron chi connectivity index (χ1n) is 8.88. The van der Waals surface area contributed by atoms with Gasteiger partial charge in [-0.1, -0.05) is 29.8 Å². The molecule has 27 heavy (non-hydrogen) atoms. The molecule has 1 atom stereocenters. The second kappa shape index (κ2) is 7.08. The van der Waals surface area contributed by atoms with Gasteiger partial charge in [-0.15, -0.1) is 0 Å². The number of halogens is 1. The SMILES string of the molecule is COc1cc(Cl)c(C)cc1Nc1nccc(N2c3ccccc3CC2C)n1. The summed E-state index contributed by atoms with van der Waals surface area (Å²) in [6.07, 6.45) is 2.78. The molecule has 2 heterocycles. The molecule has 4 rings (SSSR count). The fraction of sp³-hybridized carbons (Fsp3) is 0.238. The summed E-state index contributed by atoms with van der Waals surface area (Å²) in [6, 6.07) is 14.5. The van der Waals surface area contributed by atoms with Crippen molar-refractivity contribution in [2.75, 3.05) is 17.3 Å². The molecule has 1 unspecified atom stereocenters. The van der Waals surface area contributed by atoms with Gasteiger partial charge in [0.2, 0.25) is 5.95 Å². The van der Waals surface area contributed by atoms with Crippen LogP contribution in [0.3, 0.4) is 0 Å². The van der Waals surface area contributed by atoms with Crippen LogP contribution in [0.2, 0.25) is 5.02 Å². The standard InChI is InChI=1S/C21H21ClN4O/c1-13-10-17(19(27-3)12-16(13)22)24-21-23-9-8-20(25-21)26-14(2)11-15-6-4-5-7-18(15)26/h4-10,12,14H,11H2,1-3H3,(H,23,24,25). The van der Waals surface area contributed by atoms with Crippen molar-refractivity contribution in [1.29, 1.82) is 0 Å². The minimum atomic E-state index is 0.345. The summed E-state index contributed by atoms with van der Waals surface area (Å²) < 4.78 is 5.43. The van der Waals surface area contributed by atoms with E-state index in [0.29, 0.717) is 22.8 Å². The lowest BCUT2D eigenvalue weighted by Crippen LogP contribution is -2.25. The van der Waals surface area contributed by atoms with Gasteiger partial charge in [-0.25, -0.2) is 4.98 Å². The van der Waals surface area contributed by atoms with Crippen LogP contribution in [0.25, 0.3) is 0 Å². The van der Waals surface area contributed by atoms with Gasteiger partial charge in [0.15, 0.2) is 0 Å². The fourth-order valence-electron chi connectivity index (χ4n) is 3.51. The summed E-state index contributed by atoms with van der Waals surface area (Å²) in [6.45, 7) is 4.16. The summed E-state index contributed by atoms with van der Waals surface area (Å²) >= 11 is 6.20. The summed E-state index contributed by atoms with van der Waals surface area (Å²) in [4.78, 5) is 11.4. The molecule has 0 spiro atoms. The molecule has 5 nitrogen and oxygen atoms in total. The van der Waals surface area contributed by atoms with Crippen LogP contribution in [0, 0.1) is 6.92 Å². The molecule has 1 N–H and O–H groups in total. The monoisotopic (exact) mass is 380 g/mol. The van der Waals surface area contributed by atoms with Gasteiger partial charge in [0.25, 0.3) is 0 Å². The lowest BCUT2D eigenvalue weighted by molar-refractivity contribution is 0.416. The number of rotatable bonds is 4. The van der Waals surface area contributed by atoms with Crippen LogP contribution in [0.15, 0.2) is 48.7 Å². The quantitative estimate of drug-likeness (QED) is 0.667. The fourth-order valence-corrected chi connectivity index (χ4v) is 3.66. The molecule has 138 valence electrons. The Morgan fingerprint density at radius 1 is 1.22 bits per heavy atom. The van der Waals surface area contributed by atoms with Gasteiger partial charge in [-0.3, -0.25) is 0 Å². The van der Waals surface area contributed by atoms with Crippen LogP contribution >= 0.6 is 11.6 Å². The normalized spacial score (nSPS) is 15.6. The lowest BCUT2D eigenvalue weighted by atomic mass is 10.1.